The first-order chi connectivity index (χ1) is 13.8. The number of hydrogen-bond acceptors (Lipinski definition) is 4. The van der Waals surface area contributed by atoms with Gasteiger partial charge >= 0.3 is 0 Å². The minimum absolute atomic E-state index is 0.334. The number of ether oxygens (including phenoxy) is 1. The molecule has 3 aromatic carbocycles. The molecular weight excluding hydrogens is 352 g/mol. The highest BCUT2D eigenvalue weighted by Crippen LogP contribution is 2.26. The first kappa shape index (κ1) is 17.5. The van der Waals surface area contributed by atoms with Crippen molar-refractivity contribution in [1.82, 2.24) is 15.6 Å². The summed E-state index contributed by atoms with van der Waals surface area (Å²) in [6.07, 6.45) is 1.59. The van der Waals surface area contributed by atoms with E-state index in [9.17, 15) is 4.79 Å². The lowest BCUT2D eigenvalue weighted by Crippen LogP contribution is -2.18. The number of aromatic nitrogens is 2. The molecule has 28 heavy (non-hydrogen) atoms. The predicted octanol–water partition coefficient (Wildman–Crippen LogP) is 4.00. The van der Waals surface area contributed by atoms with Crippen LogP contribution in [0.2, 0.25) is 0 Å². The number of nitrogens with one attached hydrogen (secondary N) is 2. The molecule has 1 heterocycles. The van der Waals surface area contributed by atoms with Crippen molar-refractivity contribution in [3.63, 3.8) is 0 Å². The predicted molar refractivity (Wildman–Crippen MR) is 110 cm³/mol. The van der Waals surface area contributed by atoms with Crippen molar-refractivity contribution < 1.29 is 9.53 Å². The lowest BCUT2D eigenvalue weighted by atomic mass is 10.0. The van der Waals surface area contributed by atoms with Gasteiger partial charge in [-0.1, -0.05) is 60.7 Å². The molecule has 0 aliphatic carbocycles. The van der Waals surface area contributed by atoms with Gasteiger partial charge in [0.05, 0.1) is 19.0 Å². The SMILES string of the molecule is COc1ccc2ccccc2c1C=NNC(=O)c1cc(-c2ccccc2)n[nH]1. The highest BCUT2D eigenvalue weighted by molar-refractivity contribution is 6.03. The van der Waals surface area contributed by atoms with Gasteiger partial charge in [0.25, 0.3) is 5.91 Å². The van der Waals surface area contributed by atoms with Gasteiger partial charge in [0.1, 0.15) is 11.4 Å². The molecule has 0 saturated carbocycles. The summed E-state index contributed by atoms with van der Waals surface area (Å²) in [6, 6.07) is 23.1. The van der Waals surface area contributed by atoms with Gasteiger partial charge in [-0.15, -0.1) is 0 Å². The Morgan fingerprint density at radius 2 is 1.86 bits per heavy atom. The van der Waals surface area contributed by atoms with Gasteiger partial charge in [0.15, 0.2) is 0 Å². The molecule has 0 aliphatic rings. The van der Waals surface area contributed by atoms with E-state index in [1.807, 2.05) is 66.7 Å². The summed E-state index contributed by atoms with van der Waals surface area (Å²) in [5.74, 6) is 0.315. The number of H-pyrrole nitrogens is 1. The van der Waals surface area contributed by atoms with Gasteiger partial charge in [-0.05, 0) is 22.9 Å². The van der Waals surface area contributed by atoms with Crippen molar-refractivity contribution in [2.75, 3.05) is 7.11 Å². The number of carbonyl (C=O) groups excluding carboxylic acids is 1. The molecule has 138 valence electrons. The minimum Gasteiger partial charge on any atom is -0.496 e. The van der Waals surface area contributed by atoms with Gasteiger partial charge in [0, 0.05) is 11.1 Å². The van der Waals surface area contributed by atoms with E-state index in [1.165, 1.54) is 0 Å². The number of aromatic amines is 1. The largest absolute Gasteiger partial charge is 0.496 e. The minimum atomic E-state index is -0.370. The third kappa shape index (κ3) is 3.48. The van der Waals surface area contributed by atoms with Gasteiger partial charge in [-0.25, -0.2) is 5.43 Å². The van der Waals surface area contributed by atoms with Crippen LogP contribution in [0.15, 0.2) is 77.9 Å². The number of benzene rings is 3. The van der Waals surface area contributed by atoms with Crippen molar-refractivity contribution >= 4 is 22.9 Å². The molecule has 1 aromatic heterocycles. The first-order valence-electron chi connectivity index (χ1n) is 8.76. The number of rotatable bonds is 5. The molecule has 0 unspecified atom stereocenters. The first-order valence-corrected chi connectivity index (χ1v) is 8.76. The summed E-state index contributed by atoms with van der Waals surface area (Å²) in [7, 11) is 1.61. The monoisotopic (exact) mass is 370 g/mol. The quantitative estimate of drug-likeness (QED) is 0.412. The van der Waals surface area contributed by atoms with E-state index >= 15 is 0 Å². The maximum Gasteiger partial charge on any atom is 0.289 e. The molecule has 4 aromatic rings. The molecule has 0 saturated heterocycles. The van der Waals surface area contributed by atoms with Crippen LogP contribution in [-0.4, -0.2) is 29.4 Å². The molecule has 0 spiro atoms. The summed E-state index contributed by atoms with van der Waals surface area (Å²) in [6.45, 7) is 0. The van der Waals surface area contributed by atoms with E-state index < -0.39 is 0 Å². The van der Waals surface area contributed by atoms with Crippen LogP contribution in [0.25, 0.3) is 22.0 Å². The van der Waals surface area contributed by atoms with E-state index in [0.717, 1.165) is 21.9 Å². The molecule has 0 fully saturated rings. The Morgan fingerprint density at radius 1 is 1.07 bits per heavy atom. The lowest BCUT2D eigenvalue weighted by molar-refractivity contribution is 0.0950. The van der Waals surface area contributed by atoms with Crippen molar-refractivity contribution in [2.45, 2.75) is 0 Å². The van der Waals surface area contributed by atoms with Crippen molar-refractivity contribution in [3.05, 3.63) is 84.1 Å². The summed E-state index contributed by atoms with van der Waals surface area (Å²) in [4.78, 5) is 12.4. The standard InChI is InChI=1S/C22H18N4O2/c1-28-21-12-11-15-7-5-6-10-17(15)18(21)14-23-26-22(27)20-13-19(24-25-20)16-8-3-2-4-9-16/h2-14H,1H3,(H,24,25)(H,26,27). The fourth-order valence-corrected chi connectivity index (χ4v) is 3.00. The van der Waals surface area contributed by atoms with Gasteiger partial charge in [-0.2, -0.15) is 10.2 Å². The summed E-state index contributed by atoms with van der Waals surface area (Å²) >= 11 is 0. The summed E-state index contributed by atoms with van der Waals surface area (Å²) in [5, 5.41) is 13.1. The normalized spacial score (nSPS) is 11.0. The summed E-state index contributed by atoms with van der Waals surface area (Å²) < 4.78 is 5.43. The van der Waals surface area contributed by atoms with Gasteiger partial charge in [-0.3, -0.25) is 9.89 Å². The molecule has 2 N–H and O–H groups in total. The second kappa shape index (κ2) is 7.75. The maximum atomic E-state index is 12.4. The van der Waals surface area contributed by atoms with E-state index in [2.05, 4.69) is 20.7 Å². The molecule has 0 aliphatic heterocycles. The smallest absolute Gasteiger partial charge is 0.289 e. The highest BCUT2D eigenvalue weighted by Gasteiger charge is 2.11. The number of hydrazone groups is 1. The molecule has 0 bridgehead atoms. The fraction of sp³-hybridized carbons (Fsp3) is 0.0455. The van der Waals surface area contributed by atoms with Crippen LogP contribution in [0.1, 0.15) is 16.1 Å². The van der Waals surface area contributed by atoms with Crippen molar-refractivity contribution in [2.24, 2.45) is 5.10 Å². The van der Waals surface area contributed by atoms with E-state index in [0.29, 0.717) is 17.1 Å². The molecule has 0 radical (unpaired) electrons. The van der Waals surface area contributed by atoms with Gasteiger partial charge in [0.2, 0.25) is 0 Å². The number of methoxy groups -OCH3 is 1. The summed E-state index contributed by atoms with van der Waals surface area (Å²) in [5.41, 5.74) is 5.30. The Kier molecular flexibility index (Phi) is 4.84. The lowest BCUT2D eigenvalue weighted by Gasteiger charge is -2.08. The Morgan fingerprint density at radius 3 is 2.68 bits per heavy atom. The molecule has 0 atom stereocenters. The zero-order valence-corrected chi connectivity index (χ0v) is 15.2. The number of carbonyl (C=O) groups is 1. The third-order valence-electron chi connectivity index (χ3n) is 4.40. The molecule has 6 heteroatoms. The average Bonchev–Trinajstić information content (AvgIpc) is 3.25. The van der Waals surface area contributed by atoms with Crippen LogP contribution in [-0.2, 0) is 0 Å². The third-order valence-corrected chi connectivity index (χ3v) is 4.40. The van der Waals surface area contributed by atoms with Gasteiger partial charge < -0.3 is 4.74 Å². The zero-order chi connectivity index (χ0) is 19.3. The van der Waals surface area contributed by atoms with Crippen molar-refractivity contribution in [1.29, 1.82) is 0 Å². The maximum absolute atomic E-state index is 12.4. The second-order valence-corrected chi connectivity index (χ2v) is 6.13. The number of nitrogens with zero attached hydrogens (tertiary/aromatic N) is 2. The number of amides is 1. The fourth-order valence-electron chi connectivity index (χ4n) is 3.00. The Hall–Kier alpha value is -3.93. The van der Waals surface area contributed by atoms with E-state index in [1.54, 1.807) is 19.4 Å². The Bertz CT molecular complexity index is 1150. The Balaban J connectivity index is 1.54. The average molecular weight is 370 g/mol. The van der Waals surface area contributed by atoms with Crippen LogP contribution in [0.4, 0.5) is 0 Å². The van der Waals surface area contributed by atoms with Crippen molar-refractivity contribution in [3.8, 4) is 17.0 Å². The van der Waals surface area contributed by atoms with Crippen LogP contribution < -0.4 is 10.2 Å². The topological polar surface area (TPSA) is 79.4 Å². The molecule has 4 rings (SSSR count). The molecular formula is C22H18N4O2. The van der Waals surface area contributed by atoms with Crippen LogP contribution >= 0.6 is 0 Å². The Labute approximate surface area is 161 Å². The molecule has 6 nitrogen and oxygen atoms in total. The van der Waals surface area contributed by atoms with Crippen LogP contribution in [0.5, 0.6) is 5.75 Å². The van der Waals surface area contributed by atoms with E-state index in [4.69, 9.17) is 4.74 Å². The van der Waals surface area contributed by atoms with Crippen LogP contribution in [0, 0.1) is 0 Å². The zero-order valence-electron chi connectivity index (χ0n) is 15.2. The van der Waals surface area contributed by atoms with Crippen LogP contribution in [0.3, 0.4) is 0 Å². The second-order valence-electron chi connectivity index (χ2n) is 6.13. The highest BCUT2D eigenvalue weighted by atomic mass is 16.5. The van der Waals surface area contributed by atoms with E-state index in [-0.39, 0.29) is 5.91 Å². The number of fused-ring (bicyclic) bond motifs is 1. The number of hydrogen-bond donors (Lipinski definition) is 2. The molecule has 1 amide bonds.